The topological polar surface area (TPSA) is 72.2 Å². The number of carbonyl (C=O) groups excluding carboxylic acids is 1. The highest BCUT2D eigenvalue weighted by Gasteiger charge is 1.95. The molecule has 0 aromatic rings. The minimum Gasteiger partial charge on any atom is -0.389 e. The van der Waals surface area contributed by atoms with Crippen LogP contribution in [0.1, 0.15) is 6.42 Å². The van der Waals surface area contributed by atoms with E-state index in [-0.39, 0.29) is 0 Å². The Bertz CT molecular complexity index is 122. The Morgan fingerprint density at radius 1 is 1.70 bits per heavy atom. The number of carbonyl (C=O) groups is 1. The molecule has 0 fully saturated rings. The third kappa shape index (κ3) is 7.29. The van der Waals surface area contributed by atoms with Gasteiger partial charge in [-0.25, -0.2) is 4.79 Å². The zero-order valence-electron chi connectivity index (χ0n) is 6.02. The second-order valence-electron chi connectivity index (χ2n) is 2.10. The lowest BCUT2D eigenvalue weighted by molar-refractivity contribution is 0.249. The molecule has 0 saturated heterocycles. The maximum absolute atomic E-state index is 10.5. The first-order valence-electron chi connectivity index (χ1n) is 3.15. The number of urea groups is 1. The molecule has 58 valence electrons. The third-order valence-electron chi connectivity index (χ3n) is 1.00. The summed E-state index contributed by atoms with van der Waals surface area (Å²) >= 11 is 0. The molecule has 0 rings (SSSR count). The van der Waals surface area contributed by atoms with Gasteiger partial charge in [0.15, 0.2) is 0 Å². The Hall–Kier alpha value is -0.713. The fraction of sp³-hybridized carbons (Fsp3) is 0.800. The van der Waals surface area contributed by atoms with E-state index in [4.69, 9.17) is 5.73 Å². The first-order valence-corrected chi connectivity index (χ1v) is 5.27. The molecular weight excluding hydrogens is 148 g/mol. The van der Waals surface area contributed by atoms with Gasteiger partial charge in [-0.15, -0.1) is 0 Å². The minimum atomic E-state index is -1.37. The third-order valence-corrected chi connectivity index (χ3v) is 2.06. The highest BCUT2D eigenvalue weighted by atomic mass is 28.3. The Kier molecular flexibility index (Phi) is 4.74. The molecule has 0 aliphatic rings. The Morgan fingerprint density at radius 2 is 2.30 bits per heavy atom. The molecule has 0 atom stereocenters. The van der Waals surface area contributed by atoms with Crippen molar-refractivity contribution < 1.29 is 9.26 Å². The lowest BCUT2D eigenvalue weighted by atomic mass is 10.5. The fourth-order valence-electron chi connectivity index (χ4n) is 0.549. The summed E-state index contributed by atoms with van der Waals surface area (Å²) in [4.78, 5) is 10.1. The van der Waals surface area contributed by atoms with Crippen LogP contribution in [0.25, 0.3) is 0 Å². The predicted octanol–water partition coefficient (Wildman–Crippen LogP) is 0.0966. The molecule has 0 heterocycles. The molecule has 5 heteroatoms. The molecule has 2 amide bonds. The van der Waals surface area contributed by atoms with Crippen LogP contribution in [0.15, 0.2) is 0 Å². The first kappa shape index (κ1) is 9.29. The number of amides is 2. The van der Waals surface area contributed by atoms with Crippen LogP contribution in [-0.2, 0) is 4.46 Å². The molecule has 0 radical (unpaired) electrons. The van der Waals surface area contributed by atoms with Gasteiger partial charge in [-0.1, -0.05) is 0 Å². The largest absolute Gasteiger partial charge is 0.389 e. The van der Waals surface area contributed by atoms with E-state index in [1.54, 1.807) is 6.55 Å². The summed E-state index contributed by atoms with van der Waals surface area (Å²) in [5, 5.41) is 2.42. The minimum absolute atomic E-state index is 0.518. The van der Waals surface area contributed by atoms with Crippen LogP contribution >= 0.6 is 0 Å². The van der Waals surface area contributed by atoms with Crippen LogP contribution in [0.5, 0.6) is 0 Å². The van der Waals surface area contributed by atoms with Crippen molar-refractivity contribution in [3.8, 4) is 0 Å². The van der Waals surface area contributed by atoms with Crippen LogP contribution in [0.2, 0.25) is 12.6 Å². The maximum Gasteiger partial charge on any atom is 0.312 e. The standard InChI is InChI=1S/C5H12N2O2Si/c1-10(9)4-2-3-7-5(6)8/h2-4H2,1H3,(H3,6,7,8). The van der Waals surface area contributed by atoms with Crippen molar-refractivity contribution in [2.45, 2.75) is 19.0 Å². The van der Waals surface area contributed by atoms with E-state index >= 15 is 0 Å². The summed E-state index contributed by atoms with van der Waals surface area (Å²) in [6.45, 7) is 2.23. The average Bonchev–Trinajstić information content (AvgIpc) is 1.79. The van der Waals surface area contributed by atoms with Gasteiger partial charge in [0.05, 0.1) is 0 Å². The molecule has 0 unspecified atom stereocenters. The summed E-state index contributed by atoms with van der Waals surface area (Å²) < 4.78 is 10.5. The van der Waals surface area contributed by atoms with Gasteiger partial charge in [0.25, 0.3) is 8.68 Å². The second kappa shape index (κ2) is 5.10. The van der Waals surface area contributed by atoms with Crippen LogP contribution in [0.3, 0.4) is 0 Å². The van der Waals surface area contributed by atoms with Crippen LogP contribution in [-0.4, -0.2) is 21.3 Å². The zero-order chi connectivity index (χ0) is 7.98. The maximum atomic E-state index is 10.5. The fourth-order valence-corrected chi connectivity index (χ4v) is 1.22. The van der Waals surface area contributed by atoms with Gasteiger partial charge in [-0.3, -0.25) is 0 Å². The Labute approximate surface area is 61.5 Å². The molecule has 10 heavy (non-hydrogen) atoms. The van der Waals surface area contributed by atoms with E-state index in [0.29, 0.717) is 12.6 Å². The molecule has 0 aromatic carbocycles. The van der Waals surface area contributed by atoms with Gasteiger partial charge < -0.3 is 15.5 Å². The summed E-state index contributed by atoms with van der Waals surface area (Å²) in [5.41, 5.74) is 4.79. The highest BCUT2D eigenvalue weighted by Crippen LogP contribution is 1.87. The van der Waals surface area contributed by atoms with E-state index in [1.165, 1.54) is 0 Å². The Morgan fingerprint density at radius 3 is 2.70 bits per heavy atom. The monoisotopic (exact) mass is 160 g/mol. The van der Waals surface area contributed by atoms with Gasteiger partial charge in [-0.2, -0.15) is 0 Å². The van der Waals surface area contributed by atoms with Crippen LogP contribution in [0, 0.1) is 0 Å². The molecule has 0 bridgehead atoms. The number of hydrogen-bond acceptors (Lipinski definition) is 2. The molecular formula is C5H12N2O2Si. The quantitative estimate of drug-likeness (QED) is 0.452. The van der Waals surface area contributed by atoms with E-state index in [0.717, 1.165) is 6.42 Å². The molecule has 0 aliphatic carbocycles. The molecule has 4 nitrogen and oxygen atoms in total. The SMILES string of the molecule is C[Si](=O)CCCNC(N)=O. The number of nitrogens with two attached hydrogens (primary N) is 1. The number of rotatable bonds is 4. The average molecular weight is 160 g/mol. The predicted molar refractivity (Wildman–Crippen MR) is 39.3 cm³/mol. The zero-order valence-corrected chi connectivity index (χ0v) is 7.02. The van der Waals surface area contributed by atoms with Gasteiger partial charge >= 0.3 is 6.03 Å². The van der Waals surface area contributed by atoms with Crippen LogP contribution < -0.4 is 11.1 Å². The van der Waals surface area contributed by atoms with Crippen molar-refractivity contribution in [2.75, 3.05) is 6.54 Å². The smallest absolute Gasteiger partial charge is 0.312 e. The molecule has 0 aliphatic heterocycles. The lowest BCUT2D eigenvalue weighted by Gasteiger charge is -1.97. The van der Waals surface area contributed by atoms with Gasteiger partial charge in [0, 0.05) is 6.54 Å². The lowest BCUT2D eigenvalue weighted by Crippen LogP contribution is -2.30. The number of primary amides is 1. The van der Waals surface area contributed by atoms with Crippen molar-refractivity contribution >= 4 is 14.7 Å². The van der Waals surface area contributed by atoms with Crippen molar-refractivity contribution in [1.82, 2.24) is 5.32 Å². The van der Waals surface area contributed by atoms with Crippen molar-refractivity contribution in [2.24, 2.45) is 5.73 Å². The van der Waals surface area contributed by atoms with Crippen molar-refractivity contribution in [3.05, 3.63) is 0 Å². The molecule has 0 spiro atoms. The summed E-state index contributed by atoms with van der Waals surface area (Å²) in [6, 6.07) is 0.168. The normalized spacial score (nSPS) is 8.90. The number of nitrogens with one attached hydrogen (secondary N) is 1. The van der Waals surface area contributed by atoms with E-state index < -0.39 is 14.7 Å². The summed E-state index contributed by atoms with van der Waals surface area (Å²) in [7, 11) is -1.37. The summed E-state index contributed by atoms with van der Waals surface area (Å²) in [6.07, 6.45) is 0.747. The van der Waals surface area contributed by atoms with E-state index in [1.807, 2.05) is 0 Å². The van der Waals surface area contributed by atoms with Gasteiger partial charge in [0.2, 0.25) is 0 Å². The van der Waals surface area contributed by atoms with Crippen molar-refractivity contribution in [3.63, 3.8) is 0 Å². The van der Waals surface area contributed by atoms with Gasteiger partial charge in [-0.05, 0) is 19.0 Å². The van der Waals surface area contributed by atoms with Gasteiger partial charge in [0.1, 0.15) is 0 Å². The Balaban J connectivity index is 3.06. The molecule has 3 N–H and O–H groups in total. The summed E-state index contributed by atoms with van der Waals surface area (Å²) in [5.74, 6) is 0. The molecule has 0 saturated carbocycles. The first-order chi connectivity index (χ1) is 4.63. The second-order valence-corrected chi connectivity index (χ2v) is 4.00. The van der Waals surface area contributed by atoms with E-state index in [9.17, 15) is 9.26 Å². The van der Waals surface area contributed by atoms with Crippen molar-refractivity contribution in [1.29, 1.82) is 0 Å². The van der Waals surface area contributed by atoms with E-state index in [2.05, 4.69) is 5.32 Å². The highest BCUT2D eigenvalue weighted by molar-refractivity contribution is 6.40. The van der Waals surface area contributed by atoms with Crippen LogP contribution in [0.4, 0.5) is 4.79 Å². The molecule has 0 aromatic heterocycles. The number of hydrogen-bond donors (Lipinski definition) is 2.